The SMILES string of the molecule is CC1(C)C2CCC1(C)C(NC(=O)c1ccnc(Nc3ccc(N4CCN(CCO)CC4)cc3)n1)C2. The van der Waals surface area contributed by atoms with E-state index in [0.29, 0.717) is 17.6 Å². The van der Waals surface area contributed by atoms with E-state index in [1.807, 2.05) is 12.1 Å². The van der Waals surface area contributed by atoms with Crippen molar-refractivity contribution in [3.05, 3.63) is 42.2 Å². The second kappa shape index (κ2) is 9.39. The number of nitrogens with one attached hydrogen (secondary N) is 2. The third-order valence-electron chi connectivity index (χ3n) is 9.26. The van der Waals surface area contributed by atoms with Crippen LogP contribution in [0.15, 0.2) is 36.5 Å². The highest BCUT2D eigenvalue weighted by Gasteiger charge is 2.61. The molecule has 35 heavy (non-hydrogen) atoms. The number of aliphatic hydroxyl groups is 1. The van der Waals surface area contributed by atoms with Crippen molar-refractivity contribution in [2.75, 3.05) is 49.5 Å². The second-order valence-corrected chi connectivity index (χ2v) is 11.1. The maximum Gasteiger partial charge on any atom is 0.270 e. The lowest BCUT2D eigenvalue weighted by Crippen LogP contribution is -2.47. The van der Waals surface area contributed by atoms with Crippen molar-refractivity contribution in [3.63, 3.8) is 0 Å². The van der Waals surface area contributed by atoms with Crippen LogP contribution < -0.4 is 15.5 Å². The minimum Gasteiger partial charge on any atom is -0.395 e. The first-order chi connectivity index (χ1) is 16.8. The minimum atomic E-state index is -0.124. The number of nitrogens with zero attached hydrogens (tertiary/aromatic N) is 4. The van der Waals surface area contributed by atoms with Crippen molar-refractivity contribution in [1.29, 1.82) is 0 Å². The van der Waals surface area contributed by atoms with E-state index >= 15 is 0 Å². The van der Waals surface area contributed by atoms with Crippen LogP contribution in [0.1, 0.15) is 50.5 Å². The van der Waals surface area contributed by atoms with Crippen LogP contribution in [-0.2, 0) is 0 Å². The maximum atomic E-state index is 13.1. The summed E-state index contributed by atoms with van der Waals surface area (Å²) in [6.07, 6.45) is 5.11. The van der Waals surface area contributed by atoms with Gasteiger partial charge < -0.3 is 20.6 Å². The van der Waals surface area contributed by atoms with E-state index in [9.17, 15) is 4.79 Å². The summed E-state index contributed by atoms with van der Waals surface area (Å²) in [5, 5.41) is 15.6. The van der Waals surface area contributed by atoms with Crippen molar-refractivity contribution < 1.29 is 9.90 Å². The molecule has 0 spiro atoms. The van der Waals surface area contributed by atoms with E-state index in [0.717, 1.165) is 44.8 Å². The topological polar surface area (TPSA) is 93.6 Å². The highest BCUT2D eigenvalue weighted by Crippen LogP contribution is 2.65. The summed E-state index contributed by atoms with van der Waals surface area (Å²) in [6, 6.07) is 10.1. The molecule has 1 amide bonds. The van der Waals surface area contributed by atoms with Crippen molar-refractivity contribution in [2.24, 2.45) is 16.7 Å². The van der Waals surface area contributed by atoms with E-state index in [1.165, 1.54) is 18.5 Å². The molecule has 2 heterocycles. The lowest BCUT2D eigenvalue weighted by Gasteiger charge is -2.39. The lowest BCUT2D eigenvalue weighted by molar-refractivity contribution is 0.0821. The number of benzene rings is 1. The van der Waals surface area contributed by atoms with Gasteiger partial charge in [-0.25, -0.2) is 9.97 Å². The molecule has 3 atom stereocenters. The number of anilines is 3. The summed E-state index contributed by atoms with van der Waals surface area (Å²) in [7, 11) is 0. The molecule has 3 fully saturated rings. The predicted octanol–water partition coefficient (Wildman–Crippen LogP) is 3.28. The van der Waals surface area contributed by atoms with Crippen molar-refractivity contribution in [3.8, 4) is 0 Å². The number of aromatic nitrogens is 2. The maximum absolute atomic E-state index is 13.1. The quantitative estimate of drug-likeness (QED) is 0.562. The van der Waals surface area contributed by atoms with Crippen molar-refractivity contribution in [2.45, 2.75) is 46.1 Å². The first kappa shape index (κ1) is 24.0. The second-order valence-electron chi connectivity index (χ2n) is 11.1. The van der Waals surface area contributed by atoms with Gasteiger partial charge in [0.1, 0.15) is 5.69 Å². The third-order valence-corrected chi connectivity index (χ3v) is 9.26. The zero-order valence-corrected chi connectivity index (χ0v) is 21.1. The van der Waals surface area contributed by atoms with Crippen molar-refractivity contribution in [1.82, 2.24) is 20.2 Å². The standard InChI is InChI=1S/C27H38N6O2/c1-26(2)19-8-10-27(26,3)23(18-19)31-24(35)22-9-11-28-25(30-22)29-20-4-6-21(7-5-20)33-14-12-32(13-15-33)16-17-34/h4-7,9,11,19,23,34H,8,10,12-18H2,1-3H3,(H,31,35)(H,28,29,30). The summed E-state index contributed by atoms with van der Waals surface area (Å²) < 4.78 is 0. The smallest absolute Gasteiger partial charge is 0.270 e. The molecule has 1 saturated heterocycles. The molecule has 2 bridgehead atoms. The molecule has 3 N–H and O–H groups in total. The van der Waals surface area contributed by atoms with E-state index < -0.39 is 0 Å². The first-order valence-electron chi connectivity index (χ1n) is 12.9. The molecule has 1 aromatic carbocycles. The minimum absolute atomic E-state index is 0.124. The number of fused-ring (bicyclic) bond motifs is 2. The number of piperazine rings is 1. The highest BCUT2D eigenvalue weighted by molar-refractivity contribution is 5.92. The highest BCUT2D eigenvalue weighted by atomic mass is 16.3. The van der Waals surface area contributed by atoms with Crippen LogP contribution in [0.3, 0.4) is 0 Å². The summed E-state index contributed by atoms with van der Waals surface area (Å²) in [5.41, 5.74) is 2.84. The fourth-order valence-corrected chi connectivity index (χ4v) is 6.46. The lowest BCUT2D eigenvalue weighted by atomic mass is 9.69. The molecule has 5 rings (SSSR count). The molecular formula is C27H38N6O2. The number of hydrogen-bond acceptors (Lipinski definition) is 7. The van der Waals surface area contributed by atoms with Crippen LogP contribution in [0, 0.1) is 16.7 Å². The van der Waals surface area contributed by atoms with Gasteiger partial charge in [0.15, 0.2) is 0 Å². The summed E-state index contributed by atoms with van der Waals surface area (Å²) >= 11 is 0. The molecular weight excluding hydrogens is 440 g/mol. The molecule has 2 saturated carbocycles. The summed E-state index contributed by atoms with van der Waals surface area (Å²) in [5.74, 6) is 0.969. The predicted molar refractivity (Wildman–Crippen MR) is 138 cm³/mol. The van der Waals surface area contributed by atoms with Crippen LogP contribution in [0.4, 0.5) is 17.3 Å². The van der Waals surface area contributed by atoms with Crippen LogP contribution in [0.25, 0.3) is 0 Å². The van der Waals surface area contributed by atoms with Crippen LogP contribution in [-0.4, -0.2) is 71.3 Å². The Balaban J connectivity index is 1.19. The number of rotatable bonds is 7. The molecule has 8 nitrogen and oxygen atoms in total. The van der Waals surface area contributed by atoms with Gasteiger partial charge in [-0.2, -0.15) is 0 Å². The van der Waals surface area contributed by atoms with Crippen LogP contribution in [0.5, 0.6) is 0 Å². The Morgan fingerprint density at radius 3 is 2.49 bits per heavy atom. The number of hydrogen-bond donors (Lipinski definition) is 3. The molecule has 0 radical (unpaired) electrons. The number of amides is 1. The van der Waals surface area contributed by atoms with Crippen LogP contribution >= 0.6 is 0 Å². The number of β-amino-alcohol motifs (C(OH)–C–C–N with tert-alkyl or cyclic N) is 1. The first-order valence-corrected chi connectivity index (χ1v) is 12.9. The Labute approximate surface area is 208 Å². The van der Waals surface area contributed by atoms with Gasteiger partial charge in [0.05, 0.1) is 6.61 Å². The molecule has 3 unspecified atom stereocenters. The molecule has 2 aromatic rings. The fourth-order valence-electron chi connectivity index (χ4n) is 6.46. The van der Waals surface area contributed by atoms with Gasteiger partial charge in [0, 0.05) is 56.3 Å². The molecule has 1 aromatic heterocycles. The van der Waals surface area contributed by atoms with Gasteiger partial charge in [-0.15, -0.1) is 0 Å². The van der Waals surface area contributed by atoms with Crippen LogP contribution in [0.2, 0.25) is 0 Å². The van der Waals surface area contributed by atoms with E-state index in [2.05, 4.69) is 63.3 Å². The fraction of sp³-hybridized carbons (Fsp3) is 0.593. The number of aliphatic hydroxyl groups excluding tert-OH is 1. The molecule has 2 aliphatic carbocycles. The average Bonchev–Trinajstić information content (AvgIpc) is 3.19. The number of carbonyl (C=O) groups excluding carboxylic acids is 1. The normalized spacial score (nSPS) is 27.7. The van der Waals surface area contributed by atoms with Gasteiger partial charge in [-0.05, 0) is 66.3 Å². The molecule has 1 aliphatic heterocycles. The zero-order chi connectivity index (χ0) is 24.6. The van der Waals surface area contributed by atoms with Gasteiger partial charge in [0.25, 0.3) is 5.91 Å². The Hall–Kier alpha value is -2.71. The third kappa shape index (κ3) is 4.49. The molecule has 8 heteroatoms. The van der Waals surface area contributed by atoms with Crippen molar-refractivity contribution >= 4 is 23.2 Å². The monoisotopic (exact) mass is 478 g/mol. The Bertz CT molecular complexity index is 1050. The molecule has 3 aliphatic rings. The Morgan fingerprint density at radius 1 is 1.11 bits per heavy atom. The van der Waals surface area contributed by atoms with Gasteiger partial charge in [-0.3, -0.25) is 9.69 Å². The zero-order valence-electron chi connectivity index (χ0n) is 21.1. The van der Waals surface area contributed by atoms with Gasteiger partial charge in [-0.1, -0.05) is 20.8 Å². The Kier molecular flexibility index (Phi) is 6.44. The number of carbonyl (C=O) groups is 1. The van der Waals surface area contributed by atoms with Gasteiger partial charge in [0.2, 0.25) is 5.95 Å². The average molecular weight is 479 g/mol. The van der Waals surface area contributed by atoms with Gasteiger partial charge >= 0.3 is 0 Å². The van der Waals surface area contributed by atoms with E-state index in [1.54, 1.807) is 12.3 Å². The largest absolute Gasteiger partial charge is 0.395 e. The van der Waals surface area contributed by atoms with E-state index in [-0.39, 0.29) is 29.4 Å². The molecule has 188 valence electrons. The Morgan fingerprint density at radius 2 is 1.86 bits per heavy atom. The summed E-state index contributed by atoms with van der Waals surface area (Å²) in [6.45, 7) is 11.8. The van der Waals surface area contributed by atoms with E-state index in [4.69, 9.17) is 5.11 Å². The summed E-state index contributed by atoms with van der Waals surface area (Å²) in [4.78, 5) is 26.5.